The molecule has 0 unspecified atom stereocenters. The molecule has 2 aromatic heterocycles. The summed E-state index contributed by atoms with van der Waals surface area (Å²) in [6.45, 7) is 8.31. The van der Waals surface area contributed by atoms with Crippen LogP contribution in [0, 0.1) is 13.8 Å². The Kier molecular flexibility index (Phi) is 3.10. The molecule has 0 spiro atoms. The molecule has 0 aliphatic carbocycles. The molecule has 0 radical (unpaired) electrons. The highest BCUT2D eigenvalue weighted by Crippen LogP contribution is 2.34. The van der Waals surface area contributed by atoms with E-state index in [0.717, 1.165) is 22.2 Å². The summed E-state index contributed by atoms with van der Waals surface area (Å²) in [7, 11) is 1.97. The summed E-state index contributed by atoms with van der Waals surface area (Å²) in [5.41, 5.74) is 1.01. The van der Waals surface area contributed by atoms with Crippen molar-refractivity contribution in [2.75, 3.05) is 7.05 Å². The molecule has 0 amide bonds. The van der Waals surface area contributed by atoms with Gasteiger partial charge in [-0.2, -0.15) is 0 Å². The zero-order chi connectivity index (χ0) is 12.6. The Labute approximate surface area is 106 Å². The average Bonchev–Trinajstić information content (AvgIpc) is 2.85. The van der Waals surface area contributed by atoms with E-state index in [2.05, 4.69) is 24.1 Å². The first-order chi connectivity index (χ1) is 7.94. The van der Waals surface area contributed by atoms with Gasteiger partial charge >= 0.3 is 0 Å². The molecule has 2 aromatic rings. The lowest BCUT2D eigenvalue weighted by molar-refractivity contribution is 0.450. The molecule has 0 aliphatic heterocycles. The molecule has 17 heavy (non-hydrogen) atoms. The van der Waals surface area contributed by atoms with Crippen molar-refractivity contribution in [1.29, 1.82) is 0 Å². The molecule has 2 heterocycles. The molecule has 92 valence electrons. The Bertz CT molecular complexity index is 525. The highest BCUT2D eigenvalue weighted by Gasteiger charge is 2.25. The second kappa shape index (κ2) is 4.27. The van der Waals surface area contributed by atoms with Gasteiger partial charge < -0.3 is 9.73 Å². The molecular formula is C13H18N2OS. The largest absolute Gasteiger partial charge is 0.459 e. The Balaban J connectivity index is 2.44. The maximum atomic E-state index is 5.61. The minimum atomic E-state index is -0.0539. The fraction of sp³-hybridized carbons (Fsp3) is 0.462. The van der Waals surface area contributed by atoms with E-state index in [1.807, 2.05) is 33.0 Å². The monoisotopic (exact) mass is 250 g/mol. The molecule has 0 aromatic carbocycles. The maximum absolute atomic E-state index is 5.61. The quantitative estimate of drug-likeness (QED) is 0.906. The van der Waals surface area contributed by atoms with Crippen LogP contribution in [0.3, 0.4) is 0 Å². The predicted molar refractivity (Wildman–Crippen MR) is 71.4 cm³/mol. The molecule has 0 bridgehead atoms. The zero-order valence-electron chi connectivity index (χ0n) is 10.9. The molecule has 2 rings (SSSR count). The average molecular weight is 250 g/mol. The number of nitrogens with one attached hydrogen (secondary N) is 1. The van der Waals surface area contributed by atoms with E-state index in [1.165, 1.54) is 4.88 Å². The molecule has 4 heteroatoms. The number of rotatable bonds is 3. The van der Waals surface area contributed by atoms with E-state index in [0.29, 0.717) is 0 Å². The van der Waals surface area contributed by atoms with Crippen LogP contribution < -0.4 is 5.32 Å². The third-order valence-corrected chi connectivity index (χ3v) is 4.44. The molecule has 3 nitrogen and oxygen atoms in total. The third kappa shape index (κ3) is 2.28. The van der Waals surface area contributed by atoms with Crippen LogP contribution in [0.15, 0.2) is 16.5 Å². The lowest BCUT2D eigenvalue weighted by Crippen LogP contribution is -2.32. The number of aromatic nitrogens is 1. The van der Waals surface area contributed by atoms with E-state index in [1.54, 1.807) is 11.3 Å². The van der Waals surface area contributed by atoms with E-state index < -0.39 is 0 Å². The van der Waals surface area contributed by atoms with Crippen molar-refractivity contribution in [3.63, 3.8) is 0 Å². The van der Waals surface area contributed by atoms with E-state index in [9.17, 15) is 0 Å². The molecule has 0 saturated heterocycles. The van der Waals surface area contributed by atoms with Gasteiger partial charge in [0, 0.05) is 10.4 Å². The van der Waals surface area contributed by atoms with Crippen LogP contribution in [-0.4, -0.2) is 12.0 Å². The third-order valence-electron chi connectivity index (χ3n) is 2.94. The van der Waals surface area contributed by atoms with Gasteiger partial charge in [0.2, 0.25) is 0 Å². The predicted octanol–water partition coefficient (Wildman–Crippen LogP) is 3.47. The second-order valence-electron chi connectivity index (χ2n) is 4.72. The van der Waals surface area contributed by atoms with E-state index in [4.69, 9.17) is 4.42 Å². The highest BCUT2D eigenvalue weighted by molar-refractivity contribution is 7.15. The Hall–Kier alpha value is -1.13. The van der Waals surface area contributed by atoms with Crippen LogP contribution in [0.1, 0.15) is 30.2 Å². The molecule has 0 aliphatic rings. The fourth-order valence-electron chi connectivity index (χ4n) is 1.74. The zero-order valence-corrected chi connectivity index (χ0v) is 11.7. The van der Waals surface area contributed by atoms with Crippen molar-refractivity contribution in [2.45, 2.75) is 33.2 Å². The first-order valence-electron chi connectivity index (χ1n) is 5.67. The highest BCUT2D eigenvalue weighted by atomic mass is 32.1. The van der Waals surface area contributed by atoms with Gasteiger partial charge in [-0.15, -0.1) is 11.3 Å². The van der Waals surface area contributed by atoms with Gasteiger partial charge in [-0.05, 0) is 46.9 Å². The standard InChI is InChI=1S/C13H18N2OS/c1-8-6-7-10(16-8)12-15-9(2)11(17-12)13(3,4)14-5/h6-7,14H,1-5H3. The van der Waals surface area contributed by atoms with Crippen LogP contribution in [0.2, 0.25) is 0 Å². The number of thiazole rings is 1. The molecule has 0 fully saturated rings. The van der Waals surface area contributed by atoms with Crippen molar-refractivity contribution < 1.29 is 4.42 Å². The van der Waals surface area contributed by atoms with Gasteiger partial charge in [0.1, 0.15) is 5.76 Å². The number of hydrogen-bond acceptors (Lipinski definition) is 4. The minimum Gasteiger partial charge on any atom is -0.459 e. The van der Waals surface area contributed by atoms with Crippen molar-refractivity contribution >= 4 is 11.3 Å². The van der Waals surface area contributed by atoms with Crippen LogP contribution in [-0.2, 0) is 5.54 Å². The number of aryl methyl sites for hydroxylation is 2. The molecule has 1 N–H and O–H groups in total. The first-order valence-corrected chi connectivity index (χ1v) is 6.49. The minimum absolute atomic E-state index is 0.0539. The molecular weight excluding hydrogens is 232 g/mol. The molecule has 0 atom stereocenters. The van der Waals surface area contributed by atoms with E-state index >= 15 is 0 Å². The van der Waals surface area contributed by atoms with Gasteiger partial charge in [-0.3, -0.25) is 0 Å². The SMILES string of the molecule is CNC(C)(C)c1sc(-c2ccc(C)o2)nc1C. The summed E-state index contributed by atoms with van der Waals surface area (Å²) in [5, 5.41) is 4.26. The topological polar surface area (TPSA) is 38.1 Å². The lowest BCUT2D eigenvalue weighted by atomic mass is 10.0. The van der Waals surface area contributed by atoms with Crippen LogP contribution in [0.5, 0.6) is 0 Å². The van der Waals surface area contributed by atoms with Gasteiger partial charge in [0.25, 0.3) is 0 Å². The Morgan fingerprint density at radius 3 is 2.53 bits per heavy atom. The second-order valence-corrected chi connectivity index (χ2v) is 5.72. The Morgan fingerprint density at radius 2 is 2.00 bits per heavy atom. The van der Waals surface area contributed by atoms with Gasteiger partial charge in [-0.1, -0.05) is 0 Å². The van der Waals surface area contributed by atoms with Crippen LogP contribution in [0.25, 0.3) is 10.8 Å². The number of nitrogens with zero attached hydrogens (tertiary/aromatic N) is 1. The van der Waals surface area contributed by atoms with Crippen LogP contribution in [0.4, 0.5) is 0 Å². The number of hydrogen-bond donors (Lipinski definition) is 1. The van der Waals surface area contributed by atoms with E-state index in [-0.39, 0.29) is 5.54 Å². The summed E-state index contributed by atoms with van der Waals surface area (Å²) in [4.78, 5) is 5.85. The van der Waals surface area contributed by atoms with Crippen molar-refractivity contribution in [1.82, 2.24) is 10.3 Å². The van der Waals surface area contributed by atoms with Crippen LogP contribution >= 0.6 is 11.3 Å². The van der Waals surface area contributed by atoms with Gasteiger partial charge in [-0.25, -0.2) is 4.98 Å². The summed E-state index contributed by atoms with van der Waals surface area (Å²) in [6.07, 6.45) is 0. The smallest absolute Gasteiger partial charge is 0.162 e. The summed E-state index contributed by atoms with van der Waals surface area (Å²) in [5.74, 6) is 1.77. The molecule has 0 saturated carbocycles. The summed E-state index contributed by atoms with van der Waals surface area (Å²) < 4.78 is 5.61. The fourth-order valence-corrected chi connectivity index (χ4v) is 2.88. The number of furan rings is 1. The first kappa shape index (κ1) is 12.3. The van der Waals surface area contributed by atoms with Gasteiger partial charge in [0.15, 0.2) is 10.8 Å². The maximum Gasteiger partial charge on any atom is 0.162 e. The Morgan fingerprint density at radius 1 is 1.29 bits per heavy atom. The lowest BCUT2D eigenvalue weighted by Gasteiger charge is -2.22. The normalized spacial score (nSPS) is 12.1. The summed E-state index contributed by atoms with van der Waals surface area (Å²) in [6, 6.07) is 3.94. The van der Waals surface area contributed by atoms with Crippen molar-refractivity contribution in [2.24, 2.45) is 0 Å². The van der Waals surface area contributed by atoms with Crippen molar-refractivity contribution in [3.8, 4) is 10.8 Å². The summed E-state index contributed by atoms with van der Waals surface area (Å²) >= 11 is 1.69. The van der Waals surface area contributed by atoms with Gasteiger partial charge in [0.05, 0.1) is 5.69 Å². The van der Waals surface area contributed by atoms with Crippen molar-refractivity contribution in [3.05, 3.63) is 28.5 Å².